The van der Waals surface area contributed by atoms with Crippen molar-refractivity contribution in [2.24, 2.45) is 5.41 Å². The Bertz CT molecular complexity index is 396. The van der Waals surface area contributed by atoms with Gasteiger partial charge in [0.1, 0.15) is 0 Å². The minimum atomic E-state index is -0.118. The zero-order valence-corrected chi connectivity index (χ0v) is 13.1. The molecule has 0 spiro atoms. The van der Waals surface area contributed by atoms with Gasteiger partial charge in [0.15, 0.2) is 0 Å². The van der Waals surface area contributed by atoms with Crippen molar-refractivity contribution in [1.29, 1.82) is 0 Å². The molecule has 0 saturated heterocycles. The van der Waals surface area contributed by atoms with Crippen molar-refractivity contribution in [3.63, 3.8) is 0 Å². The Labute approximate surface area is 123 Å². The first-order valence-corrected chi connectivity index (χ1v) is 7.93. The van der Waals surface area contributed by atoms with Crippen molar-refractivity contribution < 1.29 is 5.11 Å². The van der Waals surface area contributed by atoms with Crippen LogP contribution < -0.4 is 5.32 Å². The van der Waals surface area contributed by atoms with Gasteiger partial charge in [-0.3, -0.25) is 0 Å². The summed E-state index contributed by atoms with van der Waals surface area (Å²) < 4.78 is 0. The molecule has 0 aliphatic heterocycles. The highest BCUT2D eigenvalue weighted by Crippen LogP contribution is 2.31. The molecule has 0 radical (unpaired) electrons. The summed E-state index contributed by atoms with van der Waals surface area (Å²) in [6.07, 6.45) is 5.18. The van der Waals surface area contributed by atoms with Crippen LogP contribution >= 0.6 is 0 Å². The lowest BCUT2D eigenvalue weighted by Gasteiger charge is -2.34. The summed E-state index contributed by atoms with van der Waals surface area (Å²) in [5.74, 6) is 0. The third kappa shape index (κ3) is 4.92. The number of hydrogen-bond acceptors (Lipinski definition) is 2. The van der Waals surface area contributed by atoms with E-state index in [2.05, 4.69) is 56.4 Å². The number of nitrogens with one attached hydrogen (secondary N) is 1. The van der Waals surface area contributed by atoms with E-state index in [1.165, 1.54) is 12.0 Å². The highest BCUT2D eigenvalue weighted by Gasteiger charge is 2.26. The van der Waals surface area contributed by atoms with Crippen molar-refractivity contribution >= 4 is 0 Å². The summed E-state index contributed by atoms with van der Waals surface area (Å²) in [7, 11) is 0. The molecule has 0 amide bonds. The molecule has 1 aliphatic rings. The maximum atomic E-state index is 9.86. The summed E-state index contributed by atoms with van der Waals surface area (Å²) in [5.41, 5.74) is 1.66. The second kappa shape index (κ2) is 6.73. The molecule has 1 fully saturated rings. The van der Waals surface area contributed by atoms with Crippen LogP contribution in [0.4, 0.5) is 0 Å². The first-order valence-electron chi connectivity index (χ1n) is 7.93. The second-order valence-corrected chi connectivity index (χ2v) is 7.41. The molecule has 1 aromatic rings. The van der Waals surface area contributed by atoms with Crippen LogP contribution in [0.15, 0.2) is 30.3 Å². The molecule has 2 rings (SSSR count). The maximum absolute atomic E-state index is 9.86. The summed E-state index contributed by atoms with van der Waals surface area (Å²) in [6.45, 7) is 6.88. The Kier molecular flexibility index (Phi) is 5.22. The molecule has 0 heterocycles. The topological polar surface area (TPSA) is 32.3 Å². The molecule has 2 heteroatoms. The maximum Gasteiger partial charge on any atom is 0.0555 e. The molecular weight excluding hydrogens is 246 g/mol. The summed E-state index contributed by atoms with van der Waals surface area (Å²) in [4.78, 5) is 0. The highest BCUT2D eigenvalue weighted by molar-refractivity contribution is 5.19. The molecule has 112 valence electrons. The van der Waals surface area contributed by atoms with Gasteiger partial charge in [-0.05, 0) is 43.1 Å². The monoisotopic (exact) mass is 275 g/mol. The van der Waals surface area contributed by atoms with E-state index in [-0.39, 0.29) is 6.10 Å². The molecule has 1 aromatic carbocycles. The van der Waals surface area contributed by atoms with E-state index in [4.69, 9.17) is 0 Å². The van der Waals surface area contributed by atoms with Gasteiger partial charge in [-0.25, -0.2) is 0 Å². The van der Waals surface area contributed by atoms with Crippen molar-refractivity contribution in [2.75, 3.05) is 0 Å². The number of aliphatic hydroxyl groups excluding tert-OH is 1. The van der Waals surface area contributed by atoms with E-state index in [0.717, 1.165) is 25.7 Å². The minimum Gasteiger partial charge on any atom is -0.393 e. The zero-order valence-electron chi connectivity index (χ0n) is 13.1. The van der Waals surface area contributed by atoms with Gasteiger partial charge in [-0.15, -0.1) is 0 Å². The van der Waals surface area contributed by atoms with Gasteiger partial charge in [-0.2, -0.15) is 0 Å². The lowest BCUT2D eigenvalue weighted by Crippen LogP contribution is -2.39. The fourth-order valence-corrected chi connectivity index (χ4v) is 3.17. The smallest absolute Gasteiger partial charge is 0.0555 e. The van der Waals surface area contributed by atoms with Gasteiger partial charge in [-0.1, -0.05) is 51.1 Å². The van der Waals surface area contributed by atoms with E-state index < -0.39 is 0 Å². The van der Waals surface area contributed by atoms with E-state index >= 15 is 0 Å². The van der Waals surface area contributed by atoms with E-state index in [1.54, 1.807) is 0 Å². The van der Waals surface area contributed by atoms with Crippen LogP contribution in [0.3, 0.4) is 0 Å². The van der Waals surface area contributed by atoms with Crippen molar-refractivity contribution in [2.45, 2.75) is 71.1 Å². The van der Waals surface area contributed by atoms with E-state index in [0.29, 0.717) is 17.5 Å². The fourth-order valence-electron chi connectivity index (χ4n) is 3.17. The van der Waals surface area contributed by atoms with Gasteiger partial charge in [0.05, 0.1) is 6.10 Å². The Morgan fingerprint density at radius 1 is 1.20 bits per heavy atom. The quantitative estimate of drug-likeness (QED) is 0.868. The number of benzene rings is 1. The Hall–Kier alpha value is -0.860. The summed E-state index contributed by atoms with van der Waals surface area (Å²) >= 11 is 0. The minimum absolute atomic E-state index is 0.118. The predicted octanol–water partition coefficient (Wildman–Crippen LogP) is 4.06. The molecule has 0 aromatic heterocycles. The third-order valence-corrected chi connectivity index (χ3v) is 4.10. The zero-order chi connectivity index (χ0) is 14.6. The van der Waals surface area contributed by atoms with Crippen LogP contribution in [0.5, 0.6) is 0 Å². The summed E-state index contributed by atoms with van der Waals surface area (Å²) in [6, 6.07) is 11.6. The number of hydrogen-bond donors (Lipinski definition) is 2. The molecule has 2 nitrogen and oxygen atoms in total. The Morgan fingerprint density at radius 3 is 2.50 bits per heavy atom. The second-order valence-electron chi connectivity index (χ2n) is 7.41. The molecule has 1 aliphatic carbocycles. The van der Waals surface area contributed by atoms with Crippen LogP contribution in [0, 0.1) is 5.41 Å². The van der Waals surface area contributed by atoms with Crippen LogP contribution in [0.1, 0.15) is 64.5 Å². The van der Waals surface area contributed by atoms with Gasteiger partial charge in [0.2, 0.25) is 0 Å². The lowest BCUT2D eigenvalue weighted by molar-refractivity contribution is 0.106. The first-order chi connectivity index (χ1) is 9.44. The normalized spacial score (nSPS) is 25.4. The SMILES string of the molecule is CC(C)(C)CC(NC1CCCC(O)C1)c1ccccc1. The van der Waals surface area contributed by atoms with Gasteiger partial charge < -0.3 is 10.4 Å². The average molecular weight is 275 g/mol. The average Bonchev–Trinajstić information content (AvgIpc) is 2.37. The largest absolute Gasteiger partial charge is 0.393 e. The molecular formula is C18H29NO. The van der Waals surface area contributed by atoms with Crippen molar-refractivity contribution in [3.8, 4) is 0 Å². The Morgan fingerprint density at radius 2 is 1.90 bits per heavy atom. The Balaban J connectivity index is 2.06. The van der Waals surface area contributed by atoms with Crippen LogP contribution in [0.25, 0.3) is 0 Å². The molecule has 0 bridgehead atoms. The van der Waals surface area contributed by atoms with Crippen LogP contribution in [-0.2, 0) is 0 Å². The van der Waals surface area contributed by atoms with E-state index in [9.17, 15) is 5.11 Å². The van der Waals surface area contributed by atoms with Crippen LogP contribution in [-0.4, -0.2) is 17.3 Å². The highest BCUT2D eigenvalue weighted by atomic mass is 16.3. The lowest BCUT2D eigenvalue weighted by atomic mass is 9.84. The molecule has 3 unspecified atom stereocenters. The third-order valence-electron chi connectivity index (χ3n) is 4.10. The standard InChI is InChI=1S/C18H29NO/c1-18(2,3)13-17(14-8-5-4-6-9-14)19-15-10-7-11-16(20)12-15/h4-6,8-9,15-17,19-20H,7,10-13H2,1-3H3. The predicted molar refractivity (Wildman–Crippen MR) is 84.7 cm³/mol. The van der Waals surface area contributed by atoms with Crippen molar-refractivity contribution in [1.82, 2.24) is 5.32 Å². The molecule has 1 saturated carbocycles. The van der Waals surface area contributed by atoms with Crippen molar-refractivity contribution in [3.05, 3.63) is 35.9 Å². The number of rotatable bonds is 4. The molecule has 3 atom stereocenters. The van der Waals surface area contributed by atoms with Gasteiger partial charge in [0.25, 0.3) is 0 Å². The molecule has 20 heavy (non-hydrogen) atoms. The van der Waals surface area contributed by atoms with Crippen LogP contribution in [0.2, 0.25) is 0 Å². The molecule has 2 N–H and O–H groups in total. The summed E-state index contributed by atoms with van der Waals surface area (Å²) in [5, 5.41) is 13.7. The fraction of sp³-hybridized carbons (Fsp3) is 0.667. The first kappa shape index (κ1) is 15.5. The van der Waals surface area contributed by atoms with Gasteiger partial charge in [0, 0.05) is 12.1 Å². The van der Waals surface area contributed by atoms with E-state index in [1.807, 2.05) is 0 Å². The number of aliphatic hydroxyl groups is 1. The van der Waals surface area contributed by atoms with Gasteiger partial charge >= 0.3 is 0 Å².